The fourth-order valence-electron chi connectivity index (χ4n) is 3.23. The molecular formula is C24H27NO6. The average molecular weight is 425 g/mol. The van der Waals surface area contributed by atoms with Crippen molar-refractivity contribution in [2.45, 2.75) is 19.9 Å². The molecule has 0 spiro atoms. The molecule has 0 bridgehead atoms. The zero-order chi connectivity index (χ0) is 22.2. The molecule has 164 valence electrons. The lowest BCUT2D eigenvalue weighted by Crippen LogP contribution is -2.22. The number of nitrogens with one attached hydrogen (secondary N) is 1. The van der Waals surface area contributed by atoms with Crippen LogP contribution in [0.3, 0.4) is 0 Å². The number of rotatable bonds is 10. The highest BCUT2D eigenvalue weighted by Crippen LogP contribution is 2.35. The Morgan fingerprint density at radius 3 is 2.29 bits per heavy atom. The van der Waals surface area contributed by atoms with Gasteiger partial charge in [0.25, 0.3) is 5.91 Å². The van der Waals surface area contributed by atoms with Crippen LogP contribution in [0.25, 0.3) is 0 Å². The second kappa shape index (κ2) is 10.4. The van der Waals surface area contributed by atoms with E-state index in [0.29, 0.717) is 42.6 Å². The molecule has 7 nitrogen and oxygen atoms in total. The van der Waals surface area contributed by atoms with Gasteiger partial charge >= 0.3 is 0 Å². The quantitative estimate of drug-likeness (QED) is 0.524. The molecule has 0 radical (unpaired) electrons. The summed E-state index contributed by atoms with van der Waals surface area (Å²) in [5.74, 6) is 3.16. The van der Waals surface area contributed by atoms with E-state index in [4.69, 9.17) is 23.4 Å². The van der Waals surface area contributed by atoms with Crippen LogP contribution in [-0.4, -0.2) is 33.8 Å². The van der Waals surface area contributed by atoms with Gasteiger partial charge in [0.15, 0.2) is 5.76 Å². The first-order valence-electron chi connectivity index (χ1n) is 9.96. The van der Waals surface area contributed by atoms with Crippen molar-refractivity contribution < 1.29 is 28.2 Å². The van der Waals surface area contributed by atoms with Crippen molar-refractivity contribution >= 4 is 5.91 Å². The van der Waals surface area contributed by atoms with E-state index in [2.05, 4.69) is 5.32 Å². The third kappa shape index (κ3) is 5.31. The smallest absolute Gasteiger partial charge is 0.287 e. The zero-order valence-corrected chi connectivity index (χ0v) is 18.2. The minimum Gasteiger partial charge on any atom is -0.496 e. The molecule has 2 aromatic carbocycles. The Bertz CT molecular complexity index is 1000. The van der Waals surface area contributed by atoms with Crippen molar-refractivity contribution in [1.29, 1.82) is 0 Å². The van der Waals surface area contributed by atoms with Crippen molar-refractivity contribution in [3.05, 3.63) is 71.2 Å². The van der Waals surface area contributed by atoms with Crippen LogP contribution in [0.1, 0.15) is 34.4 Å². The molecule has 3 aromatic rings. The van der Waals surface area contributed by atoms with Gasteiger partial charge in [0.1, 0.15) is 28.8 Å². The van der Waals surface area contributed by atoms with Gasteiger partial charge < -0.3 is 28.7 Å². The summed E-state index contributed by atoms with van der Waals surface area (Å²) >= 11 is 0. The number of ether oxygens (including phenoxy) is 4. The summed E-state index contributed by atoms with van der Waals surface area (Å²) in [5.41, 5.74) is 1.70. The van der Waals surface area contributed by atoms with E-state index in [1.807, 2.05) is 31.2 Å². The number of methoxy groups -OCH3 is 3. The molecule has 1 N–H and O–H groups in total. The normalized spacial score (nSPS) is 10.5. The van der Waals surface area contributed by atoms with Gasteiger partial charge in [-0.1, -0.05) is 18.2 Å². The highest BCUT2D eigenvalue weighted by molar-refractivity contribution is 5.91. The van der Waals surface area contributed by atoms with Crippen LogP contribution < -0.4 is 24.3 Å². The maximum atomic E-state index is 12.6. The van der Waals surface area contributed by atoms with Gasteiger partial charge in [-0.3, -0.25) is 4.79 Å². The number of carbonyl (C=O) groups is 1. The average Bonchev–Trinajstić information content (AvgIpc) is 3.27. The van der Waals surface area contributed by atoms with E-state index < -0.39 is 0 Å². The number of amides is 1. The monoisotopic (exact) mass is 425 g/mol. The largest absolute Gasteiger partial charge is 0.496 e. The number of furan rings is 1. The maximum absolute atomic E-state index is 12.6. The standard InChI is InChI=1S/C24H27NO6/c1-5-30-20-9-7-6-8-16(20)15-25-24(26)21-11-10-17(31-21)12-19-22(28-3)13-18(27-2)14-23(19)29-4/h6-11,13-14H,5,12,15H2,1-4H3,(H,25,26). The van der Waals surface area contributed by atoms with Crippen LogP contribution in [0.2, 0.25) is 0 Å². The highest BCUT2D eigenvalue weighted by atomic mass is 16.5. The molecule has 31 heavy (non-hydrogen) atoms. The summed E-state index contributed by atoms with van der Waals surface area (Å²) in [6.07, 6.45) is 0.400. The Morgan fingerprint density at radius 1 is 0.935 bits per heavy atom. The summed E-state index contributed by atoms with van der Waals surface area (Å²) in [6, 6.07) is 14.6. The van der Waals surface area contributed by atoms with Crippen LogP contribution in [0.4, 0.5) is 0 Å². The molecule has 0 fully saturated rings. The lowest BCUT2D eigenvalue weighted by molar-refractivity contribution is 0.0921. The van der Waals surface area contributed by atoms with Gasteiger partial charge in [-0.2, -0.15) is 0 Å². The lowest BCUT2D eigenvalue weighted by Gasteiger charge is -2.14. The highest BCUT2D eigenvalue weighted by Gasteiger charge is 2.17. The van der Waals surface area contributed by atoms with Gasteiger partial charge in [-0.25, -0.2) is 0 Å². The molecule has 1 heterocycles. The first kappa shape index (κ1) is 22.1. The van der Waals surface area contributed by atoms with Crippen molar-refractivity contribution in [1.82, 2.24) is 5.32 Å². The minimum absolute atomic E-state index is 0.232. The summed E-state index contributed by atoms with van der Waals surface area (Å²) in [6.45, 7) is 2.82. The van der Waals surface area contributed by atoms with Crippen molar-refractivity contribution in [2.75, 3.05) is 27.9 Å². The third-order valence-corrected chi connectivity index (χ3v) is 4.77. The number of para-hydroxylation sites is 1. The number of benzene rings is 2. The van der Waals surface area contributed by atoms with Gasteiger partial charge in [0.2, 0.25) is 0 Å². The van der Waals surface area contributed by atoms with E-state index in [-0.39, 0.29) is 11.7 Å². The Kier molecular flexibility index (Phi) is 7.43. The molecule has 1 amide bonds. The number of hydrogen-bond donors (Lipinski definition) is 1. The van der Waals surface area contributed by atoms with Crippen molar-refractivity contribution in [3.8, 4) is 23.0 Å². The van der Waals surface area contributed by atoms with Crippen LogP contribution in [-0.2, 0) is 13.0 Å². The Morgan fingerprint density at radius 2 is 1.65 bits per heavy atom. The Hall–Kier alpha value is -3.61. The van der Waals surface area contributed by atoms with E-state index in [9.17, 15) is 4.79 Å². The lowest BCUT2D eigenvalue weighted by atomic mass is 10.1. The van der Waals surface area contributed by atoms with Crippen LogP contribution in [0, 0.1) is 0 Å². The molecular weight excluding hydrogens is 398 g/mol. The second-order valence-electron chi connectivity index (χ2n) is 6.68. The zero-order valence-electron chi connectivity index (χ0n) is 18.2. The topological polar surface area (TPSA) is 79.2 Å². The number of carbonyl (C=O) groups excluding carboxylic acids is 1. The summed E-state index contributed by atoms with van der Waals surface area (Å²) in [4.78, 5) is 12.6. The first-order valence-corrected chi connectivity index (χ1v) is 9.96. The van der Waals surface area contributed by atoms with Crippen LogP contribution in [0.5, 0.6) is 23.0 Å². The van der Waals surface area contributed by atoms with E-state index in [1.54, 1.807) is 45.6 Å². The molecule has 0 aliphatic heterocycles. The Balaban J connectivity index is 1.72. The molecule has 0 atom stereocenters. The fourth-order valence-corrected chi connectivity index (χ4v) is 3.23. The van der Waals surface area contributed by atoms with Crippen molar-refractivity contribution in [3.63, 3.8) is 0 Å². The van der Waals surface area contributed by atoms with E-state index >= 15 is 0 Å². The minimum atomic E-state index is -0.300. The predicted octanol–water partition coefficient (Wildman–Crippen LogP) is 4.22. The summed E-state index contributed by atoms with van der Waals surface area (Å²) < 4.78 is 27.6. The second-order valence-corrected chi connectivity index (χ2v) is 6.68. The van der Waals surface area contributed by atoms with Gasteiger partial charge in [0, 0.05) is 36.2 Å². The van der Waals surface area contributed by atoms with Crippen LogP contribution >= 0.6 is 0 Å². The molecule has 0 saturated heterocycles. The van der Waals surface area contributed by atoms with E-state index in [1.165, 1.54) is 0 Å². The predicted molar refractivity (Wildman–Crippen MR) is 116 cm³/mol. The van der Waals surface area contributed by atoms with E-state index in [0.717, 1.165) is 16.9 Å². The molecule has 0 unspecified atom stereocenters. The molecule has 0 saturated carbocycles. The van der Waals surface area contributed by atoms with Gasteiger partial charge in [-0.05, 0) is 25.1 Å². The third-order valence-electron chi connectivity index (χ3n) is 4.77. The van der Waals surface area contributed by atoms with Gasteiger partial charge in [-0.15, -0.1) is 0 Å². The molecule has 0 aliphatic carbocycles. The maximum Gasteiger partial charge on any atom is 0.287 e. The Labute approximate surface area is 181 Å². The van der Waals surface area contributed by atoms with Gasteiger partial charge in [0.05, 0.1) is 27.9 Å². The number of hydrogen-bond acceptors (Lipinski definition) is 6. The fraction of sp³-hybridized carbons (Fsp3) is 0.292. The van der Waals surface area contributed by atoms with Crippen LogP contribution in [0.15, 0.2) is 52.9 Å². The van der Waals surface area contributed by atoms with Crippen molar-refractivity contribution in [2.24, 2.45) is 0 Å². The molecule has 3 rings (SSSR count). The SMILES string of the molecule is CCOc1ccccc1CNC(=O)c1ccc(Cc2c(OC)cc(OC)cc2OC)o1. The molecule has 0 aliphatic rings. The summed E-state index contributed by atoms with van der Waals surface area (Å²) in [7, 11) is 4.75. The summed E-state index contributed by atoms with van der Waals surface area (Å²) in [5, 5.41) is 2.87. The molecule has 7 heteroatoms. The molecule has 1 aromatic heterocycles. The first-order chi connectivity index (χ1) is 15.1.